The van der Waals surface area contributed by atoms with Crippen molar-refractivity contribution in [1.29, 1.82) is 0 Å². The van der Waals surface area contributed by atoms with Gasteiger partial charge in [-0.15, -0.1) is 0 Å². The molecule has 304 valence electrons. The molecule has 0 N–H and O–H groups in total. The molecule has 0 aliphatic carbocycles. The summed E-state index contributed by atoms with van der Waals surface area (Å²) < 4.78 is 21.5. The van der Waals surface area contributed by atoms with Crippen LogP contribution in [0, 0.1) is 6.92 Å². The van der Waals surface area contributed by atoms with E-state index in [4.69, 9.17) is 18.9 Å². The molecule has 0 spiro atoms. The van der Waals surface area contributed by atoms with Gasteiger partial charge in [-0.2, -0.15) is 0 Å². The second-order valence-corrected chi connectivity index (χ2v) is 15.1. The summed E-state index contributed by atoms with van der Waals surface area (Å²) in [6.07, 6.45) is 7.38. The van der Waals surface area contributed by atoms with Crippen LogP contribution in [0.4, 0.5) is 21.9 Å². The smallest absolute Gasteiger partial charge is 0.497 e. The summed E-state index contributed by atoms with van der Waals surface area (Å²) in [5.41, 5.74) is 10.1. The van der Waals surface area contributed by atoms with E-state index in [2.05, 4.69) is 111 Å². The van der Waals surface area contributed by atoms with Crippen molar-refractivity contribution >= 4 is 53.5 Å². The third kappa shape index (κ3) is 10.9. The summed E-state index contributed by atoms with van der Waals surface area (Å²) >= 11 is 0. The molecule has 0 saturated heterocycles. The predicted molar refractivity (Wildman–Crippen MR) is 246 cm³/mol. The molecule has 0 fully saturated rings. The van der Waals surface area contributed by atoms with Crippen LogP contribution < -0.4 is 23.8 Å². The molecule has 7 rings (SSSR count). The Bertz CT molecular complexity index is 2630. The minimum absolute atomic E-state index is 0.351. The molecule has 0 radical (unpaired) electrons. The van der Waals surface area contributed by atoms with E-state index in [0.29, 0.717) is 17.2 Å². The number of carbonyl (C=O) groups is 2. The molecule has 7 aromatic carbocycles. The molecule has 0 atom stereocenters. The Morgan fingerprint density at radius 3 is 1.36 bits per heavy atom. The van der Waals surface area contributed by atoms with Crippen molar-refractivity contribution in [2.75, 3.05) is 12.0 Å². The van der Waals surface area contributed by atoms with Crippen LogP contribution in [-0.2, 0) is 10.2 Å². The van der Waals surface area contributed by atoms with Crippen LogP contribution >= 0.6 is 0 Å². The van der Waals surface area contributed by atoms with E-state index in [9.17, 15) is 9.59 Å². The number of nitrogens with zero attached hydrogens (tertiary/aromatic N) is 1. The number of rotatable bonds is 13. The first kappa shape index (κ1) is 41.5. The normalized spacial score (nSPS) is 11.4. The maximum absolute atomic E-state index is 12.8. The molecule has 0 aromatic heterocycles. The van der Waals surface area contributed by atoms with Crippen LogP contribution in [0.25, 0.3) is 24.3 Å². The quantitative estimate of drug-likeness (QED) is 0.0497. The lowest BCUT2D eigenvalue weighted by molar-refractivity contribution is -0.131. The minimum atomic E-state index is -0.831. The molecule has 0 heterocycles. The van der Waals surface area contributed by atoms with Crippen molar-refractivity contribution in [1.82, 2.24) is 0 Å². The van der Waals surface area contributed by atoms with E-state index in [-0.39, 0.29) is 11.4 Å². The highest BCUT2D eigenvalue weighted by molar-refractivity contribution is 5.80. The second kappa shape index (κ2) is 19.0. The fourth-order valence-corrected chi connectivity index (χ4v) is 6.82. The van der Waals surface area contributed by atoms with Gasteiger partial charge in [0.1, 0.15) is 23.0 Å². The van der Waals surface area contributed by atoms with Gasteiger partial charge in [-0.25, -0.2) is 4.79 Å². The number of methoxy groups -OCH3 is 1. The zero-order valence-corrected chi connectivity index (χ0v) is 34.9. The van der Waals surface area contributed by atoms with Crippen molar-refractivity contribution in [2.45, 2.75) is 33.1 Å². The maximum Gasteiger partial charge on any atom is 0.519 e. The van der Waals surface area contributed by atoms with Gasteiger partial charge in [-0.1, -0.05) is 129 Å². The Balaban J connectivity index is 0.982. The van der Waals surface area contributed by atoms with Crippen LogP contribution in [0.1, 0.15) is 59.7 Å². The molecule has 0 aliphatic heterocycles. The summed E-state index contributed by atoms with van der Waals surface area (Å²) in [6.45, 7) is 7.66. The van der Waals surface area contributed by atoms with Crippen LogP contribution in [0.15, 0.2) is 170 Å². The van der Waals surface area contributed by atoms with Crippen LogP contribution in [0.2, 0.25) is 0 Å². The lowest BCUT2D eigenvalue weighted by Gasteiger charge is -2.26. The van der Waals surface area contributed by atoms with Crippen molar-refractivity contribution in [2.24, 2.45) is 0 Å². The van der Waals surface area contributed by atoms with E-state index in [0.717, 1.165) is 56.2 Å². The molecule has 7 nitrogen and oxygen atoms in total. The monoisotopic (exact) mass is 805 g/mol. The highest BCUT2D eigenvalue weighted by atomic mass is 16.7. The standard InChI is InChI=1S/C54H47NO6/c1-38-9-25-46(26-10-38)55(47-27-15-40(16-28-47)11-12-42-19-31-49(58-5)32-20-42)48-29-17-41(18-30-48)13-14-43-7-6-8-52(37-43)61-53(57)60-51-35-23-45(24-36-51)54(3,4)44-21-33-50(34-22-44)59-39(2)56/h6-37H,1-5H3. The Labute approximate surface area is 357 Å². The third-order valence-corrected chi connectivity index (χ3v) is 10.3. The molecule has 0 saturated carbocycles. The van der Waals surface area contributed by atoms with Gasteiger partial charge in [0.2, 0.25) is 0 Å². The molecular weight excluding hydrogens is 759 g/mol. The Kier molecular flexibility index (Phi) is 12.9. The maximum atomic E-state index is 12.8. The van der Waals surface area contributed by atoms with Crippen molar-refractivity contribution in [3.63, 3.8) is 0 Å². The van der Waals surface area contributed by atoms with Gasteiger partial charge in [-0.05, 0) is 125 Å². The summed E-state index contributed by atoms with van der Waals surface area (Å²) in [4.78, 5) is 26.3. The molecule has 0 amide bonds. The lowest BCUT2D eigenvalue weighted by atomic mass is 9.78. The van der Waals surface area contributed by atoms with Crippen LogP contribution in [-0.4, -0.2) is 19.2 Å². The average molecular weight is 806 g/mol. The summed E-state index contributed by atoms with van der Waals surface area (Å²) in [7, 11) is 1.67. The van der Waals surface area contributed by atoms with E-state index in [1.165, 1.54) is 12.5 Å². The highest BCUT2D eigenvalue weighted by Crippen LogP contribution is 2.36. The molecule has 7 aromatic rings. The van der Waals surface area contributed by atoms with E-state index in [1.54, 1.807) is 43.5 Å². The van der Waals surface area contributed by atoms with Crippen LogP contribution in [0.3, 0.4) is 0 Å². The number of esters is 1. The Morgan fingerprint density at radius 1 is 0.475 bits per heavy atom. The number of aryl methyl sites for hydroxylation is 1. The first-order valence-corrected chi connectivity index (χ1v) is 20.0. The van der Waals surface area contributed by atoms with Gasteiger partial charge in [0.05, 0.1) is 7.11 Å². The number of anilines is 3. The van der Waals surface area contributed by atoms with Crippen molar-refractivity contribution in [3.05, 3.63) is 209 Å². The second-order valence-electron chi connectivity index (χ2n) is 15.1. The van der Waals surface area contributed by atoms with E-state index >= 15 is 0 Å². The summed E-state index contributed by atoms with van der Waals surface area (Å²) in [5.74, 6) is 1.71. The molecule has 0 unspecified atom stereocenters. The lowest BCUT2D eigenvalue weighted by Crippen LogP contribution is -2.19. The highest BCUT2D eigenvalue weighted by Gasteiger charge is 2.23. The number of hydrogen-bond acceptors (Lipinski definition) is 7. The first-order valence-electron chi connectivity index (χ1n) is 20.0. The third-order valence-electron chi connectivity index (χ3n) is 10.3. The van der Waals surface area contributed by atoms with Gasteiger partial charge >= 0.3 is 12.1 Å². The van der Waals surface area contributed by atoms with Gasteiger partial charge in [0.15, 0.2) is 0 Å². The Hall–Kier alpha value is -7.64. The largest absolute Gasteiger partial charge is 0.519 e. The number of hydrogen-bond donors (Lipinski definition) is 0. The Morgan fingerprint density at radius 2 is 0.885 bits per heavy atom. The molecule has 0 aliphatic rings. The SMILES string of the molecule is COc1ccc(C=Cc2ccc(N(c3ccc(C)cc3)c3ccc(C=Cc4cccc(OC(=O)Oc5ccc(C(C)(C)c6ccc(OC(C)=O)cc6)cc5)c4)cc3)cc2)cc1. The number of ether oxygens (including phenoxy) is 4. The molecule has 7 heteroatoms. The minimum Gasteiger partial charge on any atom is -0.497 e. The van der Waals surface area contributed by atoms with Crippen LogP contribution in [0.5, 0.6) is 23.0 Å². The topological polar surface area (TPSA) is 74.3 Å². The van der Waals surface area contributed by atoms with Gasteiger partial charge in [0.25, 0.3) is 0 Å². The fraction of sp³-hybridized carbons (Fsp3) is 0.111. The van der Waals surface area contributed by atoms with Gasteiger partial charge in [0, 0.05) is 29.4 Å². The zero-order valence-electron chi connectivity index (χ0n) is 34.9. The summed E-state index contributed by atoms with van der Waals surface area (Å²) in [6, 6.07) is 55.5. The van der Waals surface area contributed by atoms with Gasteiger partial charge < -0.3 is 23.8 Å². The fourth-order valence-electron chi connectivity index (χ4n) is 6.82. The summed E-state index contributed by atoms with van der Waals surface area (Å²) in [5, 5.41) is 0. The van der Waals surface area contributed by atoms with E-state index < -0.39 is 6.16 Å². The van der Waals surface area contributed by atoms with E-state index in [1.807, 2.05) is 72.8 Å². The zero-order chi connectivity index (χ0) is 42.8. The van der Waals surface area contributed by atoms with Gasteiger partial charge in [-0.3, -0.25) is 4.79 Å². The van der Waals surface area contributed by atoms with Crippen molar-refractivity contribution in [3.8, 4) is 23.0 Å². The number of carbonyl (C=O) groups excluding carboxylic acids is 2. The average Bonchev–Trinajstić information content (AvgIpc) is 3.27. The first-order chi connectivity index (χ1) is 29.5. The molecule has 61 heavy (non-hydrogen) atoms. The number of benzene rings is 7. The predicted octanol–water partition coefficient (Wildman–Crippen LogP) is 13.6. The molecule has 0 bridgehead atoms. The molecular formula is C54H47NO6. The van der Waals surface area contributed by atoms with Crippen molar-refractivity contribution < 1.29 is 28.5 Å².